The number of carbonyl (C=O) groups is 2. The fourth-order valence-electron chi connectivity index (χ4n) is 2.37. The van der Waals surface area contributed by atoms with Crippen LogP contribution in [0.25, 0.3) is 0 Å². The molecule has 0 aromatic heterocycles. The molecule has 0 amide bonds. The SMILES string of the molecule is CCCCCOC(=O)c1ccccc1C(=O)OCc1ccc([N+](=O)[O-])cc1. The van der Waals surface area contributed by atoms with E-state index < -0.39 is 16.9 Å². The van der Waals surface area contributed by atoms with E-state index in [1.165, 1.54) is 36.4 Å². The molecule has 2 aromatic rings. The highest BCUT2D eigenvalue weighted by molar-refractivity contribution is 6.03. The van der Waals surface area contributed by atoms with Crippen molar-refractivity contribution in [1.82, 2.24) is 0 Å². The number of nitro groups is 1. The number of benzene rings is 2. The Balaban J connectivity index is 1.99. The van der Waals surface area contributed by atoms with Gasteiger partial charge in [-0.05, 0) is 36.2 Å². The summed E-state index contributed by atoms with van der Waals surface area (Å²) in [6.07, 6.45) is 2.75. The summed E-state index contributed by atoms with van der Waals surface area (Å²) < 4.78 is 10.4. The minimum absolute atomic E-state index is 0.0405. The van der Waals surface area contributed by atoms with Gasteiger partial charge in [-0.3, -0.25) is 10.1 Å². The molecule has 0 unspecified atom stereocenters. The van der Waals surface area contributed by atoms with Gasteiger partial charge in [0.2, 0.25) is 0 Å². The molecule has 142 valence electrons. The molecule has 0 saturated carbocycles. The van der Waals surface area contributed by atoms with Crippen LogP contribution in [0.4, 0.5) is 5.69 Å². The molecule has 2 rings (SSSR count). The Bertz CT molecular complexity index is 800. The lowest BCUT2D eigenvalue weighted by atomic mass is 10.1. The maximum atomic E-state index is 12.4. The van der Waals surface area contributed by atoms with Gasteiger partial charge in [-0.25, -0.2) is 9.59 Å². The summed E-state index contributed by atoms with van der Waals surface area (Å²) in [6, 6.07) is 12.0. The molecule has 7 heteroatoms. The summed E-state index contributed by atoms with van der Waals surface area (Å²) in [7, 11) is 0. The molecule has 27 heavy (non-hydrogen) atoms. The van der Waals surface area contributed by atoms with Gasteiger partial charge in [-0.1, -0.05) is 31.9 Å². The van der Waals surface area contributed by atoms with Crippen LogP contribution in [0.1, 0.15) is 52.5 Å². The van der Waals surface area contributed by atoms with Crippen molar-refractivity contribution in [1.29, 1.82) is 0 Å². The largest absolute Gasteiger partial charge is 0.462 e. The molecule has 0 aliphatic rings. The number of unbranched alkanes of at least 4 members (excludes halogenated alkanes) is 2. The minimum Gasteiger partial charge on any atom is -0.462 e. The molecule has 0 heterocycles. The maximum absolute atomic E-state index is 12.4. The summed E-state index contributed by atoms with van der Waals surface area (Å²) in [5.74, 6) is -1.22. The first-order valence-electron chi connectivity index (χ1n) is 8.69. The number of esters is 2. The lowest BCUT2D eigenvalue weighted by Gasteiger charge is -2.10. The molecule has 0 aliphatic heterocycles. The van der Waals surface area contributed by atoms with Crippen LogP contribution in [0.15, 0.2) is 48.5 Å². The third-order valence-corrected chi connectivity index (χ3v) is 3.87. The zero-order valence-corrected chi connectivity index (χ0v) is 15.1. The van der Waals surface area contributed by atoms with Gasteiger partial charge in [0.05, 0.1) is 22.7 Å². The number of carbonyl (C=O) groups excluding carboxylic acids is 2. The van der Waals surface area contributed by atoms with E-state index in [9.17, 15) is 19.7 Å². The summed E-state index contributed by atoms with van der Waals surface area (Å²) in [5, 5.41) is 10.7. The lowest BCUT2D eigenvalue weighted by Crippen LogP contribution is -2.14. The van der Waals surface area contributed by atoms with E-state index in [-0.39, 0.29) is 23.4 Å². The van der Waals surface area contributed by atoms with Gasteiger partial charge in [-0.15, -0.1) is 0 Å². The average Bonchev–Trinajstić information content (AvgIpc) is 2.69. The van der Waals surface area contributed by atoms with Crippen molar-refractivity contribution < 1.29 is 24.0 Å². The molecule has 0 aliphatic carbocycles. The highest BCUT2D eigenvalue weighted by atomic mass is 16.6. The predicted molar refractivity (Wildman–Crippen MR) is 98.5 cm³/mol. The highest BCUT2D eigenvalue weighted by Crippen LogP contribution is 2.16. The number of nitrogens with zero attached hydrogens (tertiary/aromatic N) is 1. The molecular weight excluding hydrogens is 350 g/mol. The number of ether oxygens (including phenoxy) is 2. The third kappa shape index (κ3) is 5.91. The van der Waals surface area contributed by atoms with Crippen molar-refractivity contribution in [2.24, 2.45) is 0 Å². The monoisotopic (exact) mass is 371 g/mol. The van der Waals surface area contributed by atoms with Crippen molar-refractivity contribution in [2.75, 3.05) is 6.61 Å². The minimum atomic E-state index is -0.658. The van der Waals surface area contributed by atoms with E-state index in [1.807, 2.05) is 0 Å². The van der Waals surface area contributed by atoms with E-state index in [0.29, 0.717) is 12.2 Å². The van der Waals surface area contributed by atoms with E-state index in [2.05, 4.69) is 6.92 Å². The Morgan fingerprint density at radius 1 is 0.926 bits per heavy atom. The van der Waals surface area contributed by atoms with Crippen LogP contribution in [0, 0.1) is 10.1 Å². The van der Waals surface area contributed by atoms with Crippen molar-refractivity contribution in [3.05, 3.63) is 75.3 Å². The van der Waals surface area contributed by atoms with Crippen LogP contribution in [0.5, 0.6) is 0 Å². The van der Waals surface area contributed by atoms with Crippen molar-refractivity contribution in [2.45, 2.75) is 32.8 Å². The van der Waals surface area contributed by atoms with Gasteiger partial charge < -0.3 is 9.47 Å². The Morgan fingerprint density at radius 2 is 1.52 bits per heavy atom. The van der Waals surface area contributed by atoms with Crippen molar-refractivity contribution >= 4 is 17.6 Å². The summed E-state index contributed by atoms with van der Waals surface area (Å²) in [6.45, 7) is 2.30. The molecular formula is C20H21NO6. The number of hydrogen-bond acceptors (Lipinski definition) is 6. The molecule has 0 fully saturated rings. The molecule has 2 aromatic carbocycles. The Labute approximate surface area is 157 Å². The van der Waals surface area contributed by atoms with E-state index in [1.54, 1.807) is 12.1 Å². The van der Waals surface area contributed by atoms with Gasteiger partial charge in [0, 0.05) is 12.1 Å². The van der Waals surface area contributed by atoms with Gasteiger partial charge in [-0.2, -0.15) is 0 Å². The van der Waals surface area contributed by atoms with Crippen LogP contribution in [-0.2, 0) is 16.1 Å². The van der Waals surface area contributed by atoms with Gasteiger partial charge in [0.1, 0.15) is 6.61 Å². The molecule has 0 spiro atoms. The van der Waals surface area contributed by atoms with Gasteiger partial charge in [0.15, 0.2) is 0 Å². The van der Waals surface area contributed by atoms with Crippen LogP contribution >= 0.6 is 0 Å². The van der Waals surface area contributed by atoms with Crippen molar-refractivity contribution in [3.63, 3.8) is 0 Å². The molecule has 0 N–H and O–H groups in total. The van der Waals surface area contributed by atoms with Gasteiger partial charge in [0.25, 0.3) is 5.69 Å². The standard InChI is InChI=1S/C20H21NO6/c1-2-3-6-13-26-19(22)17-7-4-5-8-18(17)20(23)27-14-15-9-11-16(12-10-15)21(24)25/h4-5,7-12H,2-3,6,13-14H2,1H3. The number of nitro benzene ring substituents is 1. The maximum Gasteiger partial charge on any atom is 0.339 e. The second kappa shape index (κ2) is 10.1. The van der Waals surface area contributed by atoms with E-state index in [4.69, 9.17) is 9.47 Å². The molecule has 0 atom stereocenters. The second-order valence-electron chi connectivity index (χ2n) is 5.89. The summed E-state index contributed by atoms with van der Waals surface area (Å²) in [4.78, 5) is 34.7. The Kier molecular flexibility index (Phi) is 7.49. The molecule has 0 bridgehead atoms. The lowest BCUT2D eigenvalue weighted by molar-refractivity contribution is -0.384. The highest BCUT2D eigenvalue weighted by Gasteiger charge is 2.19. The first-order valence-corrected chi connectivity index (χ1v) is 8.69. The van der Waals surface area contributed by atoms with Crippen LogP contribution < -0.4 is 0 Å². The van der Waals surface area contributed by atoms with Crippen LogP contribution in [0.2, 0.25) is 0 Å². The smallest absolute Gasteiger partial charge is 0.339 e. The predicted octanol–water partition coefficient (Wildman–Crippen LogP) is 4.30. The quantitative estimate of drug-likeness (QED) is 0.282. The van der Waals surface area contributed by atoms with Gasteiger partial charge >= 0.3 is 11.9 Å². The number of non-ortho nitro benzene ring substituents is 1. The fourth-order valence-corrected chi connectivity index (χ4v) is 2.37. The zero-order chi connectivity index (χ0) is 19.6. The van der Waals surface area contributed by atoms with Crippen LogP contribution in [0.3, 0.4) is 0 Å². The second-order valence-corrected chi connectivity index (χ2v) is 5.89. The Hall–Kier alpha value is -3.22. The van der Waals surface area contributed by atoms with Crippen LogP contribution in [-0.4, -0.2) is 23.5 Å². The first-order chi connectivity index (χ1) is 13.0. The molecule has 0 radical (unpaired) electrons. The number of hydrogen-bond donors (Lipinski definition) is 0. The number of rotatable bonds is 9. The fraction of sp³-hybridized carbons (Fsp3) is 0.300. The average molecular weight is 371 g/mol. The third-order valence-electron chi connectivity index (χ3n) is 3.87. The normalized spacial score (nSPS) is 10.3. The van der Waals surface area contributed by atoms with Crippen molar-refractivity contribution in [3.8, 4) is 0 Å². The summed E-state index contributed by atoms with van der Waals surface area (Å²) in [5.41, 5.74) is 0.845. The van der Waals surface area contributed by atoms with E-state index in [0.717, 1.165) is 19.3 Å². The zero-order valence-electron chi connectivity index (χ0n) is 15.1. The summed E-state index contributed by atoms with van der Waals surface area (Å²) >= 11 is 0. The topological polar surface area (TPSA) is 95.7 Å². The Morgan fingerprint density at radius 3 is 2.07 bits per heavy atom. The first kappa shape index (κ1) is 20.1. The van der Waals surface area contributed by atoms with E-state index >= 15 is 0 Å². The molecule has 0 saturated heterocycles. The molecule has 7 nitrogen and oxygen atoms in total.